The van der Waals surface area contributed by atoms with E-state index in [1.54, 1.807) is 48.5 Å². The fraction of sp³-hybridized carbons (Fsp3) is 0.188. The Morgan fingerprint density at radius 3 is 2.57 bits per heavy atom. The fourth-order valence-electron chi connectivity index (χ4n) is 4.55. The van der Waals surface area contributed by atoms with Crippen molar-refractivity contribution in [2.75, 3.05) is 10.6 Å². The third-order valence-corrected chi connectivity index (χ3v) is 9.77. The molecule has 0 saturated heterocycles. The number of nitriles is 1. The number of thioether (sulfide) groups is 1. The zero-order valence-corrected chi connectivity index (χ0v) is 25.3. The molecular formula is C32H28N4O3S3. The molecule has 1 unspecified atom stereocenters. The zero-order valence-electron chi connectivity index (χ0n) is 22.8. The number of carbonyl (C=O) groups is 3. The van der Waals surface area contributed by atoms with Crippen LogP contribution in [-0.2, 0) is 22.4 Å². The molecule has 2 heterocycles. The van der Waals surface area contributed by atoms with E-state index >= 15 is 0 Å². The van der Waals surface area contributed by atoms with E-state index in [1.165, 1.54) is 39.3 Å². The highest BCUT2D eigenvalue weighted by molar-refractivity contribution is 8.00. The predicted octanol–water partition coefficient (Wildman–Crippen LogP) is 7.09. The van der Waals surface area contributed by atoms with Gasteiger partial charge in [-0.05, 0) is 86.0 Å². The number of fused-ring (bicyclic) bond motifs is 1. The van der Waals surface area contributed by atoms with Crippen LogP contribution in [0.2, 0.25) is 0 Å². The molecule has 0 bridgehead atoms. The van der Waals surface area contributed by atoms with Crippen LogP contribution in [0.5, 0.6) is 0 Å². The lowest BCUT2D eigenvalue weighted by molar-refractivity contribution is -0.115. The summed E-state index contributed by atoms with van der Waals surface area (Å²) in [5.41, 5.74) is 2.76. The maximum atomic E-state index is 13.3. The van der Waals surface area contributed by atoms with E-state index in [-0.39, 0.29) is 17.5 Å². The third kappa shape index (κ3) is 7.18. The van der Waals surface area contributed by atoms with Crippen molar-refractivity contribution in [1.29, 1.82) is 5.26 Å². The second-order valence-corrected chi connectivity index (χ2v) is 13.2. The molecule has 0 spiro atoms. The molecule has 2 aromatic carbocycles. The first-order chi connectivity index (χ1) is 20.4. The Kier molecular flexibility index (Phi) is 9.54. The molecule has 0 fully saturated rings. The van der Waals surface area contributed by atoms with Gasteiger partial charge in [-0.2, -0.15) is 5.26 Å². The average Bonchev–Trinajstić information content (AvgIpc) is 3.64. The fourth-order valence-corrected chi connectivity index (χ4v) is 7.37. The van der Waals surface area contributed by atoms with Crippen molar-refractivity contribution in [3.05, 3.63) is 104 Å². The van der Waals surface area contributed by atoms with Gasteiger partial charge in [-0.1, -0.05) is 30.3 Å². The molecule has 1 aliphatic rings. The van der Waals surface area contributed by atoms with Crippen molar-refractivity contribution in [2.45, 2.75) is 42.8 Å². The summed E-state index contributed by atoms with van der Waals surface area (Å²) in [5, 5.41) is 20.4. The summed E-state index contributed by atoms with van der Waals surface area (Å²) in [7, 11) is 0. The maximum Gasteiger partial charge on any atom is 0.272 e. The molecular weight excluding hydrogens is 585 g/mol. The summed E-state index contributed by atoms with van der Waals surface area (Å²) in [6, 6.07) is 21.9. The Morgan fingerprint density at radius 2 is 1.81 bits per heavy atom. The Balaban J connectivity index is 1.26. The minimum atomic E-state index is -0.466. The highest BCUT2D eigenvalue weighted by Crippen LogP contribution is 2.38. The SMILES string of the molecule is CC(Sc1cccc(NC(=O)/C(=C/c2cccs2)NC(=O)c2ccccc2)c1)C(=O)Nc1sc2c(c1C#N)CCCC2. The Hall–Kier alpha value is -4.17. The number of anilines is 2. The first-order valence-electron chi connectivity index (χ1n) is 13.5. The van der Waals surface area contributed by atoms with Crippen LogP contribution in [0.15, 0.2) is 82.7 Å². The van der Waals surface area contributed by atoms with Gasteiger partial charge in [0.15, 0.2) is 0 Å². The van der Waals surface area contributed by atoms with E-state index in [2.05, 4.69) is 22.0 Å². The van der Waals surface area contributed by atoms with E-state index in [0.29, 0.717) is 21.8 Å². The van der Waals surface area contributed by atoms with Gasteiger partial charge in [0.25, 0.3) is 11.8 Å². The number of nitrogens with zero attached hydrogens (tertiary/aromatic N) is 1. The number of thiophene rings is 2. The monoisotopic (exact) mass is 612 g/mol. The summed E-state index contributed by atoms with van der Waals surface area (Å²) < 4.78 is 0. The van der Waals surface area contributed by atoms with Gasteiger partial charge >= 0.3 is 0 Å². The van der Waals surface area contributed by atoms with Gasteiger partial charge in [-0.15, -0.1) is 34.4 Å². The van der Waals surface area contributed by atoms with Crippen LogP contribution in [0.3, 0.4) is 0 Å². The number of hydrogen-bond acceptors (Lipinski definition) is 7. The normalized spacial score (nSPS) is 13.4. The molecule has 10 heteroatoms. The minimum Gasteiger partial charge on any atom is -0.321 e. The molecule has 7 nitrogen and oxygen atoms in total. The lowest BCUT2D eigenvalue weighted by atomic mass is 9.96. The summed E-state index contributed by atoms with van der Waals surface area (Å²) in [4.78, 5) is 42.0. The molecule has 42 heavy (non-hydrogen) atoms. The number of hydrogen-bond donors (Lipinski definition) is 3. The van der Waals surface area contributed by atoms with Crippen LogP contribution in [-0.4, -0.2) is 23.0 Å². The maximum absolute atomic E-state index is 13.3. The van der Waals surface area contributed by atoms with Gasteiger partial charge in [-0.3, -0.25) is 14.4 Å². The van der Waals surface area contributed by atoms with Crippen LogP contribution in [0, 0.1) is 11.3 Å². The van der Waals surface area contributed by atoms with Crippen LogP contribution < -0.4 is 16.0 Å². The quantitative estimate of drug-likeness (QED) is 0.138. The van der Waals surface area contributed by atoms with Crippen molar-refractivity contribution in [3.63, 3.8) is 0 Å². The second kappa shape index (κ2) is 13.7. The summed E-state index contributed by atoms with van der Waals surface area (Å²) in [6.45, 7) is 1.81. The molecule has 212 valence electrons. The third-order valence-electron chi connectivity index (χ3n) is 6.65. The molecule has 0 saturated carbocycles. The summed E-state index contributed by atoms with van der Waals surface area (Å²) in [6.07, 6.45) is 5.65. The molecule has 5 rings (SSSR count). The van der Waals surface area contributed by atoms with E-state index in [1.807, 2.05) is 36.6 Å². The molecule has 2 aromatic heterocycles. The van der Waals surface area contributed by atoms with E-state index in [9.17, 15) is 19.6 Å². The van der Waals surface area contributed by atoms with Crippen LogP contribution >= 0.6 is 34.4 Å². The largest absolute Gasteiger partial charge is 0.321 e. The Bertz CT molecular complexity index is 1670. The molecule has 1 atom stereocenters. The Labute approximate surface area is 256 Å². The predicted molar refractivity (Wildman–Crippen MR) is 171 cm³/mol. The molecule has 4 aromatic rings. The van der Waals surface area contributed by atoms with Crippen molar-refractivity contribution >= 4 is 68.9 Å². The zero-order chi connectivity index (χ0) is 29.5. The number of amides is 3. The minimum absolute atomic E-state index is 0.115. The van der Waals surface area contributed by atoms with Crippen molar-refractivity contribution in [3.8, 4) is 6.07 Å². The Morgan fingerprint density at radius 1 is 1.00 bits per heavy atom. The van der Waals surface area contributed by atoms with Crippen LogP contribution in [0.25, 0.3) is 6.08 Å². The van der Waals surface area contributed by atoms with E-state index < -0.39 is 11.2 Å². The van der Waals surface area contributed by atoms with Gasteiger partial charge in [0.2, 0.25) is 5.91 Å². The number of carbonyl (C=O) groups excluding carboxylic acids is 3. The molecule has 3 amide bonds. The van der Waals surface area contributed by atoms with Crippen LogP contribution in [0.4, 0.5) is 10.7 Å². The number of aryl methyl sites for hydroxylation is 1. The number of rotatable bonds is 9. The van der Waals surface area contributed by atoms with Crippen LogP contribution in [0.1, 0.15) is 51.0 Å². The number of benzene rings is 2. The smallest absolute Gasteiger partial charge is 0.272 e. The molecule has 1 aliphatic carbocycles. The van der Waals surface area contributed by atoms with Crippen molar-refractivity contribution in [1.82, 2.24) is 5.32 Å². The molecule has 0 radical (unpaired) electrons. The second-order valence-electron chi connectivity index (χ2n) is 9.65. The number of nitrogens with one attached hydrogen (secondary N) is 3. The topological polar surface area (TPSA) is 111 Å². The lowest BCUT2D eigenvalue weighted by Gasteiger charge is -2.14. The summed E-state index contributed by atoms with van der Waals surface area (Å²) >= 11 is 4.32. The lowest BCUT2D eigenvalue weighted by Crippen LogP contribution is -2.30. The van der Waals surface area contributed by atoms with Gasteiger partial charge in [0.05, 0.1) is 10.8 Å². The first kappa shape index (κ1) is 29.3. The van der Waals surface area contributed by atoms with Crippen molar-refractivity contribution in [2.24, 2.45) is 0 Å². The van der Waals surface area contributed by atoms with Gasteiger partial charge < -0.3 is 16.0 Å². The average molecular weight is 613 g/mol. The van der Waals surface area contributed by atoms with Gasteiger partial charge in [0, 0.05) is 25.9 Å². The summed E-state index contributed by atoms with van der Waals surface area (Å²) in [5.74, 6) is -1.04. The highest BCUT2D eigenvalue weighted by atomic mass is 32.2. The first-order valence-corrected chi connectivity index (χ1v) is 16.0. The molecule has 3 N–H and O–H groups in total. The highest BCUT2D eigenvalue weighted by Gasteiger charge is 2.24. The molecule has 0 aliphatic heterocycles. The standard InChI is InChI=1S/C32H28N4O3S3/c1-20(29(37)36-32-26(19-33)25-14-5-6-15-28(25)42-32)41-24-12-7-11-22(17-24)34-31(39)27(18-23-13-8-16-40-23)35-30(38)21-9-3-2-4-10-21/h2-4,7-13,16-18,20H,5-6,14-15H2,1H3,(H,34,39)(H,35,38)(H,36,37)/b27-18-. The van der Waals surface area contributed by atoms with Gasteiger partial charge in [-0.25, -0.2) is 0 Å². The van der Waals surface area contributed by atoms with E-state index in [4.69, 9.17) is 0 Å². The van der Waals surface area contributed by atoms with E-state index in [0.717, 1.165) is 41.0 Å². The van der Waals surface area contributed by atoms with Crippen molar-refractivity contribution < 1.29 is 14.4 Å². The van der Waals surface area contributed by atoms with Gasteiger partial charge in [0.1, 0.15) is 16.8 Å².